The second-order valence-corrected chi connectivity index (χ2v) is 3.61. The maximum Gasteiger partial charge on any atom is 0.416 e. The Hall–Kier alpha value is -1.76. The second kappa shape index (κ2) is 3.92. The molecule has 0 spiro atoms. The lowest BCUT2D eigenvalue weighted by molar-refractivity contribution is -0.137. The lowest BCUT2D eigenvalue weighted by Crippen LogP contribution is -2.07. The van der Waals surface area contributed by atoms with E-state index >= 15 is 0 Å². The molecule has 0 saturated carbocycles. The first-order valence-electron chi connectivity index (χ1n) is 4.42. The molecule has 0 saturated heterocycles. The minimum atomic E-state index is -4.43. The van der Waals surface area contributed by atoms with Crippen LogP contribution in [0.1, 0.15) is 5.56 Å². The van der Waals surface area contributed by atoms with Crippen LogP contribution in [-0.2, 0) is 6.18 Å². The van der Waals surface area contributed by atoms with Crippen molar-refractivity contribution >= 4 is 17.4 Å². The van der Waals surface area contributed by atoms with E-state index in [4.69, 9.17) is 17.3 Å². The van der Waals surface area contributed by atoms with Crippen LogP contribution in [0.15, 0.2) is 24.5 Å². The molecule has 0 bridgehead atoms. The van der Waals surface area contributed by atoms with Crippen molar-refractivity contribution in [3.05, 3.63) is 35.1 Å². The number of hydrogen-bond acceptors (Lipinski definition) is 3. The van der Waals surface area contributed by atoms with E-state index in [1.807, 2.05) is 0 Å². The molecular weight excluding hydrogens is 257 g/mol. The Morgan fingerprint density at radius 3 is 2.59 bits per heavy atom. The van der Waals surface area contributed by atoms with Gasteiger partial charge in [-0.25, -0.2) is 9.67 Å². The van der Waals surface area contributed by atoms with Crippen LogP contribution in [0.3, 0.4) is 0 Å². The zero-order valence-corrected chi connectivity index (χ0v) is 9.00. The number of nitrogens with zero attached hydrogens (tertiary/aromatic N) is 3. The number of pyridine rings is 1. The van der Waals surface area contributed by atoms with Crippen LogP contribution in [0.2, 0.25) is 5.02 Å². The molecule has 0 unspecified atom stereocenters. The van der Waals surface area contributed by atoms with Crippen molar-refractivity contribution in [2.75, 3.05) is 5.73 Å². The van der Waals surface area contributed by atoms with Crippen molar-refractivity contribution in [3.63, 3.8) is 0 Å². The Balaban J connectivity index is 2.47. The summed E-state index contributed by atoms with van der Waals surface area (Å²) in [5, 5.41) is 3.89. The Morgan fingerprint density at radius 1 is 1.35 bits per heavy atom. The molecule has 0 fully saturated rings. The van der Waals surface area contributed by atoms with Crippen molar-refractivity contribution < 1.29 is 13.2 Å². The molecule has 0 aliphatic carbocycles. The highest BCUT2D eigenvalue weighted by atomic mass is 35.5. The van der Waals surface area contributed by atoms with E-state index in [0.29, 0.717) is 0 Å². The largest absolute Gasteiger partial charge is 0.416 e. The predicted octanol–water partition coefficient (Wildman–Crippen LogP) is 2.52. The monoisotopic (exact) mass is 262 g/mol. The van der Waals surface area contributed by atoms with Crippen molar-refractivity contribution in [1.82, 2.24) is 14.8 Å². The number of alkyl halides is 3. The van der Waals surface area contributed by atoms with Crippen LogP contribution < -0.4 is 5.73 Å². The summed E-state index contributed by atoms with van der Waals surface area (Å²) in [6, 6.07) is 1.74. The molecule has 2 aromatic rings. The highest BCUT2D eigenvalue weighted by Gasteiger charge is 2.30. The van der Waals surface area contributed by atoms with E-state index in [0.717, 1.165) is 23.0 Å². The number of anilines is 1. The third-order valence-corrected chi connectivity index (χ3v) is 2.29. The molecule has 17 heavy (non-hydrogen) atoms. The average Bonchev–Trinajstić information content (AvgIpc) is 2.58. The molecule has 8 heteroatoms. The maximum absolute atomic E-state index is 12.5. The SMILES string of the molecule is Nc1nn(-c2cc(C(F)(F)F)ccn2)cc1Cl. The van der Waals surface area contributed by atoms with Gasteiger partial charge in [-0.15, -0.1) is 5.10 Å². The van der Waals surface area contributed by atoms with E-state index in [-0.39, 0.29) is 16.7 Å². The molecule has 0 aromatic carbocycles. The highest BCUT2D eigenvalue weighted by molar-refractivity contribution is 6.32. The minimum absolute atomic E-state index is 0.00146. The second-order valence-electron chi connectivity index (χ2n) is 3.21. The first kappa shape index (κ1) is 11.7. The van der Waals surface area contributed by atoms with Crippen LogP contribution in [0.25, 0.3) is 5.82 Å². The van der Waals surface area contributed by atoms with Gasteiger partial charge in [-0.3, -0.25) is 0 Å². The lowest BCUT2D eigenvalue weighted by Gasteiger charge is -2.07. The molecule has 2 rings (SSSR count). The number of halogens is 4. The van der Waals surface area contributed by atoms with E-state index in [1.165, 1.54) is 6.20 Å². The van der Waals surface area contributed by atoms with Gasteiger partial charge in [0.2, 0.25) is 0 Å². The first-order valence-corrected chi connectivity index (χ1v) is 4.80. The summed E-state index contributed by atoms with van der Waals surface area (Å²) >= 11 is 5.65. The molecule has 90 valence electrons. The number of aromatic nitrogens is 3. The molecule has 2 aromatic heterocycles. The summed E-state index contributed by atoms with van der Waals surface area (Å²) in [7, 11) is 0. The summed E-state index contributed by atoms with van der Waals surface area (Å²) in [6.45, 7) is 0. The summed E-state index contributed by atoms with van der Waals surface area (Å²) in [5.41, 5.74) is 4.58. The van der Waals surface area contributed by atoms with Gasteiger partial charge >= 0.3 is 6.18 Å². The Kier molecular flexibility index (Phi) is 2.70. The van der Waals surface area contributed by atoms with E-state index < -0.39 is 11.7 Å². The topological polar surface area (TPSA) is 56.7 Å². The molecule has 0 amide bonds. The number of nitrogen functional groups attached to an aromatic ring is 1. The van der Waals surface area contributed by atoms with Crippen LogP contribution in [0, 0.1) is 0 Å². The van der Waals surface area contributed by atoms with Crippen molar-refractivity contribution in [3.8, 4) is 5.82 Å². The quantitative estimate of drug-likeness (QED) is 0.859. The summed E-state index contributed by atoms with van der Waals surface area (Å²) in [4.78, 5) is 3.76. The summed E-state index contributed by atoms with van der Waals surface area (Å²) < 4.78 is 38.5. The van der Waals surface area contributed by atoms with Gasteiger partial charge in [0.05, 0.1) is 11.8 Å². The van der Waals surface area contributed by atoms with Crippen LogP contribution in [-0.4, -0.2) is 14.8 Å². The van der Waals surface area contributed by atoms with Gasteiger partial charge in [-0.2, -0.15) is 13.2 Å². The molecular formula is C9H6ClF3N4. The van der Waals surface area contributed by atoms with Gasteiger partial charge in [-0.1, -0.05) is 11.6 Å². The highest BCUT2D eigenvalue weighted by Crippen LogP contribution is 2.29. The molecule has 0 aliphatic rings. The Labute approximate surface area is 98.8 Å². The lowest BCUT2D eigenvalue weighted by atomic mass is 10.2. The smallest absolute Gasteiger partial charge is 0.381 e. The zero-order valence-electron chi connectivity index (χ0n) is 8.24. The Morgan fingerprint density at radius 2 is 2.06 bits per heavy atom. The summed E-state index contributed by atoms with van der Waals surface area (Å²) in [6.07, 6.45) is -2.09. The van der Waals surface area contributed by atoms with Crippen LogP contribution in [0.4, 0.5) is 19.0 Å². The van der Waals surface area contributed by atoms with Gasteiger partial charge in [-0.05, 0) is 12.1 Å². The molecule has 4 nitrogen and oxygen atoms in total. The van der Waals surface area contributed by atoms with Gasteiger partial charge in [0.25, 0.3) is 0 Å². The molecule has 2 heterocycles. The maximum atomic E-state index is 12.5. The molecule has 0 aliphatic heterocycles. The number of hydrogen-bond donors (Lipinski definition) is 1. The van der Waals surface area contributed by atoms with Gasteiger partial charge in [0.1, 0.15) is 5.02 Å². The average molecular weight is 263 g/mol. The standard InChI is InChI=1S/C9H6ClF3N4/c10-6-4-17(16-8(6)14)7-3-5(1-2-15-7)9(11,12)13/h1-4H,(H2,14,16). The van der Waals surface area contributed by atoms with E-state index in [2.05, 4.69) is 10.1 Å². The number of nitrogens with two attached hydrogens (primary N) is 1. The van der Waals surface area contributed by atoms with Crippen molar-refractivity contribution in [1.29, 1.82) is 0 Å². The fourth-order valence-corrected chi connectivity index (χ4v) is 1.33. The normalized spacial score (nSPS) is 11.8. The van der Waals surface area contributed by atoms with Gasteiger partial charge < -0.3 is 5.73 Å². The predicted molar refractivity (Wildman–Crippen MR) is 55.8 cm³/mol. The van der Waals surface area contributed by atoms with Crippen LogP contribution >= 0.6 is 11.6 Å². The molecule has 0 radical (unpaired) electrons. The first-order chi connectivity index (χ1) is 7.88. The van der Waals surface area contributed by atoms with Crippen molar-refractivity contribution in [2.45, 2.75) is 6.18 Å². The minimum Gasteiger partial charge on any atom is -0.381 e. The zero-order chi connectivity index (χ0) is 12.6. The molecule has 0 atom stereocenters. The fourth-order valence-electron chi connectivity index (χ4n) is 1.20. The van der Waals surface area contributed by atoms with E-state index in [1.54, 1.807) is 0 Å². The molecule has 2 N–H and O–H groups in total. The Bertz CT molecular complexity index is 530. The van der Waals surface area contributed by atoms with Crippen LogP contribution in [0.5, 0.6) is 0 Å². The summed E-state index contributed by atoms with van der Waals surface area (Å²) in [5.74, 6) is 0.0318. The van der Waals surface area contributed by atoms with Gasteiger partial charge in [0.15, 0.2) is 11.6 Å². The van der Waals surface area contributed by atoms with E-state index in [9.17, 15) is 13.2 Å². The third kappa shape index (κ3) is 2.33. The van der Waals surface area contributed by atoms with Gasteiger partial charge in [0, 0.05) is 6.20 Å². The fraction of sp³-hybridized carbons (Fsp3) is 0.111. The number of rotatable bonds is 1. The van der Waals surface area contributed by atoms with Crippen molar-refractivity contribution in [2.24, 2.45) is 0 Å². The third-order valence-electron chi connectivity index (χ3n) is 2.00.